The van der Waals surface area contributed by atoms with Crippen LogP contribution in [0.1, 0.15) is 17.0 Å². The highest BCUT2D eigenvalue weighted by molar-refractivity contribution is 7.18. The Morgan fingerprint density at radius 2 is 2.24 bits per heavy atom. The quantitative estimate of drug-likeness (QED) is 0.754. The van der Waals surface area contributed by atoms with Gasteiger partial charge in [-0.3, -0.25) is 4.79 Å². The van der Waals surface area contributed by atoms with Crippen molar-refractivity contribution >= 4 is 27.5 Å². The summed E-state index contributed by atoms with van der Waals surface area (Å²) in [7, 11) is 0. The molecule has 25 heavy (non-hydrogen) atoms. The summed E-state index contributed by atoms with van der Waals surface area (Å²) in [6.07, 6.45) is 0.526. The van der Waals surface area contributed by atoms with Crippen molar-refractivity contribution in [3.8, 4) is 11.1 Å². The summed E-state index contributed by atoms with van der Waals surface area (Å²) in [6, 6.07) is 10.6. The highest BCUT2D eigenvalue weighted by atomic mass is 32.1. The van der Waals surface area contributed by atoms with Gasteiger partial charge in [-0.15, -0.1) is 11.3 Å². The van der Waals surface area contributed by atoms with E-state index in [-0.39, 0.29) is 18.3 Å². The van der Waals surface area contributed by atoms with E-state index in [1.165, 1.54) is 17.4 Å². The van der Waals surface area contributed by atoms with Crippen molar-refractivity contribution in [1.82, 2.24) is 4.98 Å². The molecule has 1 heterocycles. The van der Waals surface area contributed by atoms with Crippen molar-refractivity contribution in [3.63, 3.8) is 0 Å². The summed E-state index contributed by atoms with van der Waals surface area (Å²) in [6.45, 7) is 1.79. The lowest BCUT2D eigenvalue weighted by atomic mass is 10.00. The minimum absolute atomic E-state index is 0.0848. The third-order valence-electron chi connectivity index (χ3n) is 5.05. The van der Waals surface area contributed by atoms with Gasteiger partial charge < -0.3 is 10.8 Å². The maximum absolute atomic E-state index is 14.2. The summed E-state index contributed by atoms with van der Waals surface area (Å²) in [4.78, 5) is 16.5. The fourth-order valence-electron chi connectivity index (χ4n) is 3.49. The van der Waals surface area contributed by atoms with Gasteiger partial charge in [0.1, 0.15) is 16.2 Å². The van der Waals surface area contributed by atoms with E-state index < -0.39 is 11.3 Å². The molecule has 2 unspecified atom stereocenters. The molecule has 3 N–H and O–H groups in total. The number of benzene rings is 2. The Bertz CT molecular complexity index is 980. The molecule has 2 aromatic carbocycles. The predicted molar refractivity (Wildman–Crippen MR) is 95.8 cm³/mol. The fourth-order valence-corrected chi connectivity index (χ4v) is 4.78. The predicted octanol–water partition coefficient (Wildman–Crippen LogP) is 3.15. The van der Waals surface area contributed by atoms with E-state index in [0.29, 0.717) is 17.0 Å². The Labute approximate surface area is 148 Å². The molecule has 1 saturated carbocycles. The van der Waals surface area contributed by atoms with Gasteiger partial charge in [-0.05, 0) is 42.7 Å². The van der Waals surface area contributed by atoms with Gasteiger partial charge >= 0.3 is 0 Å². The van der Waals surface area contributed by atoms with Gasteiger partial charge in [0.2, 0.25) is 5.91 Å². The Kier molecular flexibility index (Phi) is 3.63. The zero-order chi connectivity index (χ0) is 17.8. The molecule has 6 heteroatoms. The Balaban J connectivity index is 1.82. The third kappa shape index (κ3) is 2.36. The van der Waals surface area contributed by atoms with Gasteiger partial charge in [0.15, 0.2) is 0 Å². The molecule has 1 aliphatic rings. The molecule has 0 saturated heterocycles. The zero-order valence-electron chi connectivity index (χ0n) is 13.6. The van der Waals surface area contributed by atoms with E-state index in [2.05, 4.69) is 4.98 Å². The second-order valence-electron chi connectivity index (χ2n) is 6.55. The van der Waals surface area contributed by atoms with Crippen LogP contribution in [0.25, 0.3) is 21.3 Å². The third-order valence-corrected chi connectivity index (χ3v) is 6.24. The Morgan fingerprint density at radius 1 is 1.44 bits per heavy atom. The number of thiazole rings is 1. The number of nitrogens with zero attached hydrogens (tertiary/aromatic N) is 1. The Hall–Kier alpha value is -2.31. The van der Waals surface area contributed by atoms with Crippen molar-refractivity contribution in [2.75, 3.05) is 6.61 Å². The number of aliphatic hydroxyl groups excluding tert-OH is 1. The molecule has 0 spiro atoms. The number of hydrogen-bond donors (Lipinski definition) is 2. The first-order valence-corrected chi connectivity index (χ1v) is 8.86. The molecule has 3 aromatic rings. The van der Waals surface area contributed by atoms with Crippen molar-refractivity contribution in [3.05, 3.63) is 52.8 Å². The molecule has 0 radical (unpaired) electrons. The lowest BCUT2D eigenvalue weighted by Gasteiger charge is -2.08. The number of aryl methyl sites for hydroxylation is 1. The standard InChI is InChI=1S/C19H17FN2O2S/c1-10-3-2-4-13(20)16(10)11-5-6-14-15(7-11)25-18(22-14)19(17(21)24)8-12(19)9-23/h2-7,12,23H,8-9H2,1H3,(H2,21,24). The first-order chi connectivity index (χ1) is 12.0. The van der Waals surface area contributed by atoms with Crippen LogP contribution < -0.4 is 5.73 Å². The molecule has 1 amide bonds. The SMILES string of the molecule is Cc1cccc(F)c1-c1ccc2nc(C3(C(N)=O)CC3CO)sc2c1. The van der Waals surface area contributed by atoms with Crippen LogP contribution in [0.2, 0.25) is 0 Å². The van der Waals surface area contributed by atoms with Crippen molar-refractivity contribution in [1.29, 1.82) is 0 Å². The molecule has 0 aliphatic heterocycles. The normalized spacial score (nSPS) is 22.3. The van der Waals surface area contributed by atoms with Crippen LogP contribution in [-0.4, -0.2) is 22.6 Å². The summed E-state index contributed by atoms with van der Waals surface area (Å²) < 4.78 is 15.1. The molecule has 1 aliphatic carbocycles. The number of halogens is 1. The average molecular weight is 356 g/mol. The number of fused-ring (bicyclic) bond motifs is 1. The first-order valence-electron chi connectivity index (χ1n) is 8.04. The molecule has 128 valence electrons. The largest absolute Gasteiger partial charge is 0.396 e. The Morgan fingerprint density at radius 3 is 2.88 bits per heavy atom. The highest BCUT2D eigenvalue weighted by Gasteiger charge is 2.62. The van der Waals surface area contributed by atoms with Crippen molar-refractivity contribution in [2.24, 2.45) is 11.7 Å². The lowest BCUT2D eigenvalue weighted by Crippen LogP contribution is -2.31. The maximum Gasteiger partial charge on any atom is 0.230 e. The van der Waals surface area contributed by atoms with Gasteiger partial charge in [0, 0.05) is 18.1 Å². The minimum Gasteiger partial charge on any atom is -0.396 e. The number of aliphatic hydroxyl groups is 1. The number of amides is 1. The van der Waals surface area contributed by atoms with Crippen LogP contribution in [0.3, 0.4) is 0 Å². The van der Waals surface area contributed by atoms with Crippen molar-refractivity contribution < 1.29 is 14.3 Å². The molecule has 4 nitrogen and oxygen atoms in total. The van der Waals surface area contributed by atoms with E-state index in [0.717, 1.165) is 21.3 Å². The smallest absolute Gasteiger partial charge is 0.230 e. The summed E-state index contributed by atoms with van der Waals surface area (Å²) in [5.74, 6) is -0.880. The number of aromatic nitrogens is 1. The molecular formula is C19H17FN2O2S. The van der Waals surface area contributed by atoms with Crippen molar-refractivity contribution in [2.45, 2.75) is 18.8 Å². The zero-order valence-corrected chi connectivity index (χ0v) is 14.4. The molecule has 0 bridgehead atoms. The van der Waals surface area contributed by atoms with Gasteiger partial charge in [-0.2, -0.15) is 0 Å². The van der Waals surface area contributed by atoms with E-state index in [1.807, 2.05) is 31.2 Å². The van der Waals surface area contributed by atoms with E-state index in [9.17, 15) is 14.3 Å². The second-order valence-corrected chi connectivity index (χ2v) is 7.58. The van der Waals surface area contributed by atoms with Gasteiger partial charge in [0.25, 0.3) is 0 Å². The monoisotopic (exact) mass is 356 g/mol. The number of carbonyl (C=O) groups is 1. The van der Waals surface area contributed by atoms with Crippen LogP contribution in [-0.2, 0) is 10.2 Å². The molecular weight excluding hydrogens is 339 g/mol. The number of hydrogen-bond acceptors (Lipinski definition) is 4. The lowest BCUT2D eigenvalue weighted by molar-refractivity contribution is -0.120. The van der Waals surface area contributed by atoms with E-state index in [1.54, 1.807) is 6.07 Å². The minimum atomic E-state index is -0.855. The number of nitrogens with two attached hydrogens (primary N) is 1. The van der Waals surface area contributed by atoms with Crippen LogP contribution >= 0.6 is 11.3 Å². The van der Waals surface area contributed by atoms with Crippen LogP contribution in [0, 0.1) is 18.7 Å². The molecule has 1 fully saturated rings. The second kappa shape index (κ2) is 5.61. The van der Waals surface area contributed by atoms with Crippen LogP contribution in [0.4, 0.5) is 4.39 Å². The van der Waals surface area contributed by atoms with Gasteiger partial charge in [-0.1, -0.05) is 18.2 Å². The topological polar surface area (TPSA) is 76.2 Å². The summed E-state index contributed by atoms with van der Waals surface area (Å²) in [5.41, 5.74) is 7.69. The van der Waals surface area contributed by atoms with Crippen LogP contribution in [0.5, 0.6) is 0 Å². The van der Waals surface area contributed by atoms with Gasteiger partial charge in [0.05, 0.1) is 10.2 Å². The fraction of sp³-hybridized carbons (Fsp3) is 0.263. The maximum atomic E-state index is 14.2. The van der Waals surface area contributed by atoms with Crippen LogP contribution in [0.15, 0.2) is 36.4 Å². The van der Waals surface area contributed by atoms with Gasteiger partial charge in [-0.25, -0.2) is 9.37 Å². The van der Waals surface area contributed by atoms with E-state index in [4.69, 9.17) is 5.73 Å². The molecule has 1 aromatic heterocycles. The summed E-state index contributed by atoms with van der Waals surface area (Å²) >= 11 is 1.39. The highest BCUT2D eigenvalue weighted by Crippen LogP contribution is 2.55. The first kappa shape index (κ1) is 16.2. The molecule has 4 rings (SSSR count). The average Bonchev–Trinajstić information content (AvgIpc) is 3.19. The number of carbonyl (C=O) groups excluding carboxylic acids is 1. The summed E-state index contributed by atoms with van der Waals surface area (Å²) in [5, 5.41) is 10.0. The molecule has 2 atom stereocenters. The van der Waals surface area contributed by atoms with E-state index >= 15 is 0 Å². The number of primary amides is 1. The number of rotatable bonds is 4.